The van der Waals surface area contributed by atoms with Gasteiger partial charge in [-0.3, -0.25) is 0 Å². The molecule has 2 aromatic rings. The Bertz CT molecular complexity index is 563. The summed E-state index contributed by atoms with van der Waals surface area (Å²) in [5.74, 6) is 0.412. The number of benzene rings is 1. The predicted octanol–water partition coefficient (Wildman–Crippen LogP) is 4.51. The molecule has 1 aromatic heterocycles. The first-order valence-corrected chi connectivity index (χ1v) is 6.71. The van der Waals surface area contributed by atoms with Crippen LogP contribution in [0.15, 0.2) is 30.6 Å². The summed E-state index contributed by atoms with van der Waals surface area (Å²) < 4.78 is 14.3. The summed E-state index contributed by atoms with van der Waals surface area (Å²) in [5, 5.41) is 3.29. The van der Waals surface area contributed by atoms with Crippen molar-refractivity contribution in [2.24, 2.45) is 0 Å². The minimum Gasteiger partial charge on any atom is -0.338 e. The van der Waals surface area contributed by atoms with E-state index in [-0.39, 0.29) is 10.7 Å². The van der Waals surface area contributed by atoms with Crippen molar-refractivity contribution in [1.82, 2.24) is 9.97 Å². The number of nitrogens with one attached hydrogen (secondary N) is 1. The Labute approximate surface area is 123 Å². The van der Waals surface area contributed by atoms with Gasteiger partial charge in [0.1, 0.15) is 17.5 Å². The van der Waals surface area contributed by atoms with Crippen LogP contribution in [0.5, 0.6) is 0 Å². The molecule has 18 heavy (non-hydrogen) atoms. The van der Waals surface area contributed by atoms with Gasteiger partial charge in [-0.05, 0) is 41.6 Å². The first-order valence-electron chi connectivity index (χ1n) is 5.25. The van der Waals surface area contributed by atoms with Crippen LogP contribution in [0.2, 0.25) is 5.02 Å². The van der Waals surface area contributed by atoms with Gasteiger partial charge >= 0.3 is 0 Å². The van der Waals surface area contributed by atoms with Crippen LogP contribution in [0.3, 0.4) is 0 Å². The van der Waals surface area contributed by atoms with Crippen LogP contribution in [0.4, 0.5) is 15.9 Å². The molecule has 2 rings (SSSR count). The molecule has 0 bridgehead atoms. The highest BCUT2D eigenvalue weighted by Gasteiger charge is 2.15. The molecule has 3 nitrogen and oxygen atoms in total. The number of hydrogen-bond acceptors (Lipinski definition) is 3. The van der Waals surface area contributed by atoms with Gasteiger partial charge in [0.05, 0.1) is 11.4 Å². The molecule has 0 saturated heterocycles. The maximum Gasteiger partial charge on any atom is 0.153 e. The van der Waals surface area contributed by atoms with Crippen molar-refractivity contribution >= 4 is 45.7 Å². The van der Waals surface area contributed by atoms with E-state index in [4.69, 9.17) is 11.6 Å². The zero-order chi connectivity index (χ0) is 13.1. The Balaban J connectivity index is 2.36. The minimum absolute atomic E-state index is 0.195. The third-order valence-corrected chi connectivity index (χ3v) is 3.63. The lowest BCUT2D eigenvalue weighted by Crippen LogP contribution is -2.01. The summed E-state index contributed by atoms with van der Waals surface area (Å²) in [7, 11) is 0. The Kier molecular flexibility index (Phi) is 4.34. The fraction of sp³-hybridized carbons (Fsp3) is 0.167. The van der Waals surface area contributed by atoms with Crippen molar-refractivity contribution in [2.75, 3.05) is 5.32 Å². The molecule has 6 heteroatoms. The standard InChI is InChI=1S/C12H10ClFIN3/c1-7(14)11-10(13)12(17-6-16-11)18-9-5-3-2-4-8(9)15/h2-7H,1H3,(H,16,17,18). The average Bonchev–Trinajstić information content (AvgIpc) is 2.34. The highest BCUT2D eigenvalue weighted by molar-refractivity contribution is 14.1. The normalized spacial score (nSPS) is 12.2. The summed E-state index contributed by atoms with van der Waals surface area (Å²) in [6.45, 7) is 1.39. The molecule has 0 aliphatic heterocycles. The van der Waals surface area contributed by atoms with Crippen molar-refractivity contribution < 1.29 is 4.39 Å². The molecule has 1 aromatic carbocycles. The van der Waals surface area contributed by atoms with Gasteiger partial charge in [0.2, 0.25) is 0 Å². The van der Waals surface area contributed by atoms with Gasteiger partial charge in [0.15, 0.2) is 5.82 Å². The lowest BCUT2D eigenvalue weighted by molar-refractivity contribution is 0.365. The molecule has 1 atom stereocenters. The Morgan fingerprint density at radius 1 is 1.33 bits per heavy atom. The Morgan fingerprint density at radius 2 is 2.06 bits per heavy atom. The molecule has 0 aliphatic carbocycles. The highest BCUT2D eigenvalue weighted by atomic mass is 127. The van der Waals surface area contributed by atoms with Crippen molar-refractivity contribution in [3.8, 4) is 0 Å². The third-order valence-electron chi connectivity index (χ3n) is 2.32. The van der Waals surface area contributed by atoms with E-state index in [1.165, 1.54) is 13.3 Å². The molecule has 0 saturated carbocycles. The summed E-state index contributed by atoms with van der Waals surface area (Å²) >= 11 is 8.27. The van der Waals surface area contributed by atoms with Crippen LogP contribution in [0.1, 0.15) is 18.8 Å². The molecular weight excluding hydrogens is 368 g/mol. The third kappa shape index (κ3) is 2.89. The molecule has 0 spiro atoms. The SMILES string of the molecule is CC(F)c1ncnc(Nc2ccccc2I)c1Cl. The lowest BCUT2D eigenvalue weighted by Gasteiger charge is -2.11. The maximum atomic E-state index is 13.3. The summed E-state index contributed by atoms with van der Waals surface area (Å²) in [5.41, 5.74) is 1.07. The summed E-state index contributed by atoms with van der Waals surface area (Å²) in [4.78, 5) is 7.88. The van der Waals surface area contributed by atoms with E-state index in [0.717, 1.165) is 9.26 Å². The highest BCUT2D eigenvalue weighted by Crippen LogP contribution is 2.31. The molecule has 1 N–H and O–H groups in total. The van der Waals surface area contributed by atoms with E-state index in [0.29, 0.717) is 5.82 Å². The van der Waals surface area contributed by atoms with E-state index in [1.807, 2.05) is 24.3 Å². The van der Waals surface area contributed by atoms with E-state index >= 15 is 0 Å². The lowest BCUT2D eigenvalue weighted by atomic mass is 10.2. The average molecular weight is 378 g/mol. The van der Waals surface area contributed by atoms with Crippen molar-refractivity contribution in [3.05, 3.63) is 44.9 Å². The second-order valence-corrected chi connectivity index (χ2v) is 5.18. The smallest absolute Gasteiger partial charge is 0.153 e. The molecular formula is C12H10ClFIN3. The second kappa shape index (κ2) is 5.79. The van der Waals surface area contributed by atoms with Crippen LogP contribution in [0.25, 0.3) is 0 Å². The van der Waals surface area contributed by atoms with Crippen molar-refractivity contribution in [3.63, 3.8) is 0 Å². The number of anilines is 2. The van der Waals surface area contributed by atoms with Crippen LogP contribution in [0, 0.1) is 3.57 Å². The van der Waals surface area contributed by atoms with E-state index in [9.17, 15) is 4.39 Å². The molecule has 0 amide bonds. The molecule has 1 unspecified atom stereocenters. The second-order valence-electron chi connectivity index (χ2n) is 3.64. The van der Waals surface area contributed by atoms with Gasteiger partial charge in [-0.15, -0.1) is 0 Å². The van der Waals surface area contributed by atoms with Crippen LogP contribution in [-0.2, 0) is 0 Å². The Hall–Kier alpha value is -0.950. The quantitative estimate of drug-likeness (QED) is 0.800. The van der Waals surface area contributed by atoms with Crippen LogP contribution < -0.4 is 5.32 Å². The Morgan fingerprint density at radius 3 is 2.72 bits per heavy atom. The molecule has 0 aliphatic rings. The number of hydrogen-bond donors (Lipinski definition) is 1. The van der Waals surface area contributed by atoms with Crippen molar-refractivity contribution in [2.45, 2.75) is 13.1 Å². The fourth-order valence-corrected chi connectivity index (χ4v) is 2.26. The number of alkyl halides is 1. The van der Waals surface area contributed by atoms with E-state index < -0.39 is 6.17 Å². The first-order chi connectivity index (χ1) is 8.59. The maximum absolute atomic E-state index is 13.3. The van der Waals surface area contributed by atoms with Crippen LogP contribution >= 0.6 is 34.2 Å². The first kappa shape index (κ1) is 13.5. The minimum atomic E-state index is -1.23. The fourth-order valence-electron chi connectivity index (χ4n) is 1.44. The molecule has 0 radical (unpaired) electrons. The summed E-state index contributed by atoms with van der Waals surface area (Å²) in [6, 6.07) is 7.69. The van der Waals surface area contributed by atoms with Gasteiger partial charge in [0.25, 0.3) is 0 Å². The predicted molar refractivity (Wildman–Crippen MR) is 79.0 cm³/mol. The van der Waals surface area contributed by atoms with Gasteiger partial charge in [-0.2, -0.15) is 0 Å². The molecule has 0 fully saturated rings. The number of para-hydroxylation sites is 1. The number of halogens is 3. The monoisotopic (exact) mass is 377 g/mol. The largest absolute Gasteiger partial charge is 0.338 e. The van der Waals surface area contributed by atoms with E-state index in [2.05, 4.69) is 37.9 Å². The van der Waals surface area contributed by atoms with E-state index in [1.54, 1.807) is 0 Å². The van der Waals surface area contributed by atoms with Gasteiger partial charge < -0.3 is 5.32 Å². The zero-order valence-electron chi connectivity index (χ0n) is 9.49. The van der Waals surface area contributed by atoms with Crippen molar-refractivity contribution in [1.29, 1.82) is 0 Å². The molecule has 1 heterocycles. The van der Waals surface area contributed by atoms with Gasteiger partial charge in [-0.25, -0.2) is 14.4 Å². The topological polar surface area (TPSA) is 37.8 Å². The van der Waals surface area contributed by atoms with Gasteiger partial charge in [0, 0.05) is 3.57 Å². The van der Waals surface area contributed by atoms with Gasteiger partial charge in [-0.1, -0.05) is 23.7 Å². The number of aromatic nitrogens is 2. The zero-order valence-corrected chi connectivity index (χ0v) is 12.4. The van der Waals surface area contributed by atoms with Crippen LogP contribution in [-0.4, -0.2) is 9.97 Å². The molecule has 94 valence electrons. The number of rotatable bonds is 3. The number of nitrogens with zero attached hydrogens (tertiary/aromatic N) is 2. The summed E-state index contributed by atoms with van der Waals surface area (Å²) in [6.07, 6.45) is 0.0750.